The normalized spacial score (nSPS) is 46.7. The minimum absolute atomic E-state index is 0.0267. The van der Waals surface area contributed by atoms with E-state index in [1.807, 2.05) is 0 Å². The van der Waals surface area contributed by atoms with E-state index in [4.69, 9.17) is 0 Å². The largest absolute Gasteiger partial charge is 0.299 e. The first-order chi connectivity index (χ1) is 13.7. The second-order valence-corrected chi connectivity index (χ2v) is 12.8. The maximum atomic E-state index is 13.2. The van der Waals surface area contributed by atoms with Crippen molar-refractivity contribution in [2.24, 2.45) is 58.2 Å². The predicted molar refractivity (Wildman–Crippen MR) is 123 cm³/mol. The number of carbonyl (C=O) groups excluding carboxylic acids is 1. The fourth-order valence-corrected chi connectivity index (χ4v) is 9.12. The second-order valence-electron chi connectivity index (χ2n) is 12.8. The van der Waals surface area contributed by atoms with Crippen molar-refractivity contribution in [1.82, 2.24) is 0 Å². The molecule has 0 aromatic rings. The highest BCUT2D eigenvalue weighted by Crippen LogP contribution is 2.67. The Labute approximate surface area is 181 Å². The first-order valence-electron chi connectivity index (χ1n) is 13.2. The Morgan fingerprint density at radius 3 is 2.38 bits per heavy atom. The van der Waals surface area contributed by atoms with E-state index < -0.39 is 0 Å². The SMILES string of the molecule is CC(C)[C@@H](C)CC[C@@H](C)[C@H]1CC[C@H]2[C@@H]3CCC4CCCC(=O)[C@]4(C)[C@H]3CC[C@]12C. The molecular formula is C28H48O. The Kier molecular flexibility index (Phi) is 6.02. The van der Waals surface area contributed by atoms with Crippen molar-refractivity contribution >= 4 is 5.78 Å². The van der Waals surface area contributed by atoms with E-state index in [0.29, 0.717) is 23.0 Å². The molecular weight excluding hydrogens is 352 g/mol. The zero-order chi connectivity index (χ0) is 21.0. The van der Waals surface area contributed by atoms with Gasteiger partial charge >= 0.3 is 0 Å². The molecule has 0 spiro atoms. The number of hydrogen-bond donors (Lipinski definition) is 0. The summed E-state index contributed by atoms with van der Waals surface area (Å²) < 4.78 is 0. The van der Waals surface area contributed by atoms with Crippen LogP contribution in [0.2, 0.25) is 0 Å². The Morgan fingerprint density at radius 2 is 1.66 bits per heavy atom. The Bertz CT molecular complexity index is 607. The van der Waals surface area contributed by atoms with Crippen LogP contribution in [0.4, 0.5) is 0 Å². The van der Waals surface area contributed by atoms with Gasteiger partial charge in [0.2, 0.25) is 0 Å². The van der Waals surface area contributed by atoms with Crippen LogP contribution < -0.4 is 0 Å². The van der Waals surface area contributed by atoms with Crippen molar-refractivity contribution < 1.29 is 4.79 Å². The van der Waals surface area contributed by atoms with E-state index in [1.54, 1.807) is 0 Å². The topological polar surface area (TPSA) is 17.1 Å². The van der Waals surface area contributed by atoms with Crippen LogP contribution in [0.25, 0.3) is 0 Å². The van der Waals surface area contributed by atoms with Crippen LogP contribution in [-0.2, 0) is 4.79 Å². The summed E-state index contributed by atoms with van der Waals surface area (Å²) in [5.41, 5.74) is 0.571. The maximum Gasteiger partial charge on any atom is 0.139 e. The molecule has 4 aliphatic rings. The Balaban J connectivity index is 1.49. The minimum Gasteiger partial charge on any atom is -0.299 e. The molecule has 1 heteroatoms. The molecule has 4 rings (SSSR count). The summed E-state index contributed by atoms with van der Waals surface area (Å²) in [4.78, 5) is 13.2. The van der Waals surface area contributed by atoms with E-state index >= 15 is 0 Å². The molecule has 0 aromatic heterocycles. The monoisotopic (exact) mass is 400 g/mol. The lowest BCUT2D eigenvalue weighted by molar-refractivity contribution is -0.156. The van der Waals surface area contributed by atoms with Gasteiger partial charge in [-0.15, -0.1) is 0 Å². The van der Waals surface area contributed by atoms with Crippen molar-refractivity contribution in [1.29, 1.82) is 0 Å². The molecule has 4 saturated carbocycles. The third-order valence-electron chi connectivity index (χ3n) is 11.4. The zero-order valence-corrected chi connectivity index (χ0v) is 20.3. The number of rotatable bonds is 5. The molecule has 0 amide bonds. The lowest BCUT2D eigenvalue weighted by Crippen LogP contribution is -2.56. The number of carbonyl (C=O) groups is 1. The fraction of sp³-hybridized carbons (Fsp3) is 0.964. The van der Waals surface area contributed by atoms with E-state index in [-0.39, 0.29) is 5.41 Å². The van der Waals surface area contributed by atoms with Gasteiger partial charge in [0.1, 0.15) is 5.78 Å². The van der Waals surface area contributed by atoms with Crippen LogP contribution in [0, 0.1) is 58.2 Å². The van der Waals surface area contributed by atoms with Gasteiger partial charge in [0.25, 0.3) is 0 Å². The van der Waals surface area contributed by atoms with Gasteiger partial charge < -0.3 is 0 Å². The molecule has 0 aromatic carbocycles. The fourth-order valence-electron chi connectivity index (χ4n) is 9.12. The van der Waals surface area contributed by atoms with Crippen molar-refractivity contribution in [3.8, 4) is 0 Å². The zero-order valence-electron chi connectivity index (χ0n) is 20.3. The summed E-state index contributed by atoms with van der Waals surface area (Å²) in [6, 6.07) is 0. The lowest BCUT2D eigenvalue weighted by atomic mass is 9.44. The van der Waals surface area contributed by atoms with Gasteiger partial charge in [-0.25, -0.2) is 0 Å². The summed E-state index contributed by atoms with van der Waals surface area (Å²) in [7, 11) is 0. The Hall–Kier alpha value is -0.330. The molecule has 166 valence electrons. The molecule has 0 saturated heterocycles. The molecule has 0 aliphatic heterocycles. The van der Waals surface area contributed by atoms with Gasteiger partial charge in [0.15, 0.2) is 0 Å². The van der Waals surface area contributed by atoms with Crippen LogP contribution in [0.5, 0.6) is 0 Å². The summed E-state index contributed by atoms with van der Waals surface area (Å²) in [6.07, 6.45) is 14.5. The van der Waals surface area contributed by atoms with Gasteiger partial charge in [-0.05, 0) is 104 Å². The minimum atomic E-state index is 0.0267. The van der Waals surface area contributed by atoms with E-state index in [2.05, 4.69) is 41.5 Å². The van der Waals surface area contributed by atoms with E-state index in [9.17, 15) is 4.79 Å². The average molecular weight is 401 g/mol. The van der Waals surface area contributed by atoms with E-state index in [0.717, 1.165) is 48.3 Å². The molecule has 9 atom stereocenters. The summed E-state index contributed by atoms with van der Waals surface area (Å²) in [5, 5.41) is 0. The average Bonchev–Trinajstić information content (AvgIpc) is 3.04. The third kappa shape index (κ3) is 3.45. The smallest absolute Gasteiger partial charge is 0.139 e. The lowest BCUT2D eigenvalue weighted by Gasteiger charge is -2.60. The molecule has 0 radical (unpaired) electrons. The third-order valence-corrected chi connectivity index (χ3v) is 11.4. The van der Waals surface area contributed by atoms with Crippen LogP contribution in [-0.4, -0.2) is 5.78 Å². The molecule has 4 fully saturated rings. The van der Waals surface area contributed by atoms with Crippen molar-refractivity contribution in [2.45, 2.75) is 112 Å². The highest BCUT2D eigenvalue weighted by Gasteiger charge is 2.62. The summed E-state index contributed by atoms with van der Waals surface area (Å²) in [6.45, 7) is 14.9. The van der Waals surface area contributed by atoms with E-state index in [1.165, 1.54) is 57.8 Å². The second kappa shape index (κ2) is 7.98. The Morgan fingerprint density at radius 1 is 0.897 bits per heavy atom. The number of ketones is 1. The van der Waals surface area contributed by atoms with Crippen molar-refractivity contribution in [3.05, 3.63) is 0 Å². The molecule has 0 bridgehead atoms. The highest BCUT2D eigenvalue weighted by atomic mass is 16.1. The standard InChI is InChI=1S/C28H48O/c1-18(2)19(3)10-11-20(4)23-14-15-24-22-13-12-21-8-7-9-26(29)28(21,6)25(22)16-17-27(23,24)5/h18-25H,7-17H2,1-6H3/t19-,20+,21?,22-,23+,24-,25-,27+,28-/m0/s1. The van der Waals surface area contributed by atoms with Gasteiger partial charge in [-0.2, -0.15) is 0 Å². The molecule has 1 nitrogen and oxygen atoms in total. The summed E-state index contributed by atoms with van der Waals surface area (Å²) >= 11 is 0. The van der Waals surface area contributed by atoms with Crippen molar-refractivity contribution in [2.75, 3.05) is 0 Å². The van der Waals surface area contributed by atoms with Gasteiger partial charge in [-0.3, -0.25) is 4.79 Å². The van der Waals surface area contributed by atoms with Crippen molar-refractivity contribution in [3.63, 3.8) is 0 Å². The van der Waals surface area contributed by atoms with Gasteiger partial charge in [0, 0.05) is 11.8 Å². The van der Waals surface area contributed by atoms with Crippen LogP contribution in [0.1, 0.15) is 112 Å². The molecule has 0 heterocycles. The molecule has 1 unspecified atom stereocenters. The quantitative estimate of drug-likeness (QED) is 0.458. The molecule has 29 heavy (non-hydrogen) atoms. The maximum absolute atomic E-state index is 13.2. The number of hydrogen-bond acceptors (Lipinski definition) is 1. The predicted octanol–water partition coefficient (Wildman–Crippen LogP) is 7.92. The molecule has 0 N–H and O–H groups in total. The summed E-state index contributed by atoms with van der Waals surface area (Å²) in [5.74, 6) is 7.21. The van der Waals surface area contributed by atoms with Crippen LogP contribution >= 0.6 is 0 Å². The van der Waals surface area contributed by atoms with Gasteiger partial charge in [0.05, 0.1) is 0 Å². The van der Waals surface area contributed by atoms with Crippen LogP contribution in [0.15, 0.2) is 0 Å². The molecule has 4 aliphatic carbocycles. The van der Waals surface area contributed by atoms with Crippen LogP contribution in [0.3, 0.4) is 0 Å². The first-order valence-corrected chi connectivity index (χ1v) is 13.2. The number of Topliss-reactive ketones (excluding diaryl/α,β-unsaturated/α-hetero) is 1. The van der Waals surface area contributed by atoms with Gasteiger partial charge in [-0.1, -0.05) is 54.4 Å². The number of fused-ring (bicyclic) bond motifs is 5. The highest BCUT2D eigenvalue weighted by molar-refractivity contribution is 5.86. The first kappa shape index (κ1) is 21.9.